The molecular formula is C32H26BrCl2FN2O5. The van der Waals surface area contributed by atoms with Gasteiger partial charge >= 0.3 is 5.97 Å². The Morgan fingerprint density at radius 2 is 1.74 bits per heavy atom. The summed E-state index contributed by atoms with van der Waals surface area (Å²) in [5.74, 6) is -0.172. The summed E-state index contributed by atoms with van der Waals surface area (Å²) in [6.07, 6.45) is 3.84. The van der Waals surface area contributed by atoms with Gasteiger partial charge in [-0.15, -0.1) is 0 Å². The van der Waals surface area contributed by atoms with Crippen molar-refractivity contribution >= 4 is 51.0 Å². The lowest BCUT2D eigenvalue weighted by Crippen LogP contribution is -2.64. The molecule has 1 aromatic heterocycles. The lowest BCUT2D eigenvalue weighted by Gasteiger charge is -2.55. The summed E-state index contributed by atoms with van der Waals surface area (Å²) < 4.78 is 32.7. The monoisotopic (exact) mass is 686 g/mol. The van der Waals surface area contributed by atoms with E-state index in [0.717, 1.165) is 16.1 Å². The smallest absolute Gasteiger partial charge is 0.338 e. The number of nitrogens with zero attached hydrogens (tertiary/aromatic N) is 1. The average Bonchev–Trinajstić information content (AvgIpc) is 3.50. The van der Waals surface area contributed by atoms with Crippen LogP contribution in [0.2, 0.25) is 10.0 Å². The van der Waals surface area contributed by atoms with Crippen molar-refractivity contribution in [2.75, 3.05) is 6.61 Å². The van der Waals surface area contributed by atoms with Gasteiger partial charge in [0.25, 0.3) is 5.91 Å². The molecule has 3 fully saturated rings. The number of ether oxygens (including phenoxy) is 2. The van der Waals surface area contributed by atoms with E-state index in [1.807, 2.05) is 12.1 Å². The van der Waals surface area contributed by atoms with Crippen LogP contribution in [0, 0.1) is 5.82 Å². The van der Waals surface area contributed by atoms with Gasteiger partial charge in [0.1, 0.15) is 17.7 Å². The number of aromatic nitrogens is 1. The first-order chi connectivity index (χ1) is 20.6. The first-order valence-electron chi connectivity index (χ1n) is 13.7. The second-order valence-electron chi connectivity index (χ2n) is 11.0. The van der Waals surface area contributed by atoms with Crippen molar-refractivity contribution in [3.8, 4) is 17.1 Å². The number of hydrogen-bond donors (Lipinski definition) is 1. The number of benzene rings is 3. The highest BCUT2D eigenvalue weighted by atomic mass is 79.9. The summed E-state index contributed by atoms with van der Waals surface area (Å²) in [6.45, 7) is -0.304. The van der Waals surface area contributed by atoms with Crippen LogP contribution >= 0.6 is 39.1 Å². The molecule has 0 aliphatic heterocycles. The summed E-state index contributed by atoms with van der Waals surface area (Å²) in [6, 6.07) is 18.2. The Kier molecular flexibility index (Phi) is 8.24. The zero-order valence-corrected chi connectivity index (χ0v) is 25.8. The normalized spacial score (nSPS) is 22.7. The third-order valence-corrected chi connectivity index (χ3v) is 9.43. The van der Waals surface area contributed by atoms with Crippen molar-refractivity contribution in [2.24, 2.45) is 0 Å². The van der Waals surface area contributed by atoms with Crippen LogP contribution in [-0.2, 0) is 14.9 Å². The number of fused-ring (bicyclic) bond motifs is 3. The predicted molar refractivity (Wildman–Crippen MR) is 163 cm³/mol. The minimum Gasteiger partial charge on any atom is -0.484 e. The molecule has 222 valence electrons. The Balaban J connectivity index is 1.23. The van der Waals surface area contributed by atoms with Gasteiger partial charge in [0.05, 0.1) is 22.2 Å². The van der Waals surface area contributed by atoms with Crippen LogP contribution in [0.5, 0.6) is 5.75 Å². The van der Waals surface area contributed by atoms with Crippen molar-refractivity contribution in [1.29, 1.82) is 0 Å². The minimum atomic E-state index is -0.667. The lowest BCUT2D eigenvalue weighted by molar-refractivity contribution is -0.130. The zero-order valence-electron chi connectivity index (χ0n) is 22.7. The van der Waals surface area contributed by atoms with E-state index < -0.39 is 28.8 Å². The number of carbonyl (C=O) groups is 2. The summed E-state index contributed by atoms with van der Waals surface area (Å²) >= 11 is 15.2. The fraction of sp³-hybridized carbons (Fsp3) is 0.281. The first-order valence-corrected chi connectivity index (χ1v) is 15.3. The fourth-order valence-corrected chi connectivity index (χ4v) is 6.52. The lowest BCUT2D eigenvalue weighted by atomic mass is 9.55. The Hall–Kier alpha value is -3.40. The highest BCUT2D eigenvalue weighted by Gasteiger charge is 2.60. The minimum absolute atomic E-state index is 0.0290. The predicted octanol–water partition coefficient (Wildman–Crippen LogP) is 7.93. The van der Waals surface area contributed by atoms with Gasteiger partial charge in [-0.1, -0.05) is 39.1 Å². The molecule has 1 unspecified atom stereocenters. The van der Waals surface area contributed by atoms with Crippen LogP contribution in [0.25, 0.3) is 11.3 Å². The highest BCUT2D eigenvalue weighted by Crippen LogP contribution is 2.55. The molecule has 0 spiro atoms. The molecule has 43 heavy (non-hydrogen) atoms. The van der Waals surface area contributed by atoms with Crippen molar-refractivity contribution in [3.63, 3.8) is 0 Å². The van der Waals surface area contributed by atoms with Gasteiger partial charge in [0, 0.05) is 33.1 Å². The second kappa shape index (κ2) is 11.9. The number of carbonyl (C=O) groups excluding carboxylic acids is 2. The van der Waals surface area contributed by atoms with Gasteiger partial charge in [-0.25, -0.2) is 14.2 Å². The van der Waals surface area contributed by atoms with Crippen molar-refractivity contribution in [2.45, 2.75) is 49.2 Å². The molecule has 0 radical (unpaired) electrons. The van der Waals surface area contributed by atoms with Gasteiger partial charge in [0.2, 0.25) is 5.89 Å². The van der Waals surface area contributed by atoms with E-state index in [-0.39, 0.29) is 23.3 Å². The van der Waals surface area contributed by atoms with Crippen molar-refractivity contribution in [3.05, 3.63) is 105 Å². The molecule has 3 aliphatic carbocycles. The van der Waals surface area contributed by atoms with Gasteiger partial charge in [0.15, 0.2) is 12.4 Å². The molecule has 0 saturated heterocycles. The highest BCUT2D eigenvalue weighted by molar-refractivity contribution is 9.10. The van der Waals surface area contributed by atoms with Crippen LogP contribution in [0.3, 0.4) is 0 Å². The Morgan fingerprint density at radius 3 is 2.44 bits per heavy atom. The Bertz CT molecular complexity index is 1650. The molecule has 1 N–H and O–H groups in total. The van der Waals surface area contributed by atoms with Gasteiger partial charge in [-0.2, -0.15) is 0 Å². The number of hydrogen-bond acceptors (Lipinski definition) is 6. The maximum Gasteiger partial charge on any atom is 0.338 e. The van der Waals surface area contributed by atoms with E-state index in [9.17, 15) is 14.0 Å². The number of halogens is 4. The van der Waals surface area contributed by atoms with Gasteiger partial charge in [-0.3, -0.25) is 4.79 Å². The second-order valence-corrected chi connectivity index (χ2v) is 12.8. The van der Waals surface area contributed by atoms with Crippen LogP contribution in [0.15, 0.2) is 81.8 Å². The quantitative estimate of drug-likeness (QED) is 0.189. The molecule has 2 bridgehead atoms. The summed E-state index contributed by atoms with van der Waals surface area (Å²) in [5.41, 5.74) is -0.0454. The molecule has 3 aromatic carbocycles. The fourth-order valence-electron chi connectivity index (χ4n) is 6.02. The number of oxazole rings is 1. The summed E-state index contributed by atoms with van der Waals surface area (Å²) in [4.78, 5) is 31.0. The molecule has 11 heteroatoms. The number of amides is 1. The van der Waals surface area contributed by atoms with Crippen LogP contribution in [0.4, 0.5) is 4.39 Å². The molecule has 1 amide bonds. The molecule has 4 aromatic rings. The van der Waals surface area contributed by atoms with Crippen molar-refractivity contribution in [1.82, 2.24) is 10.3 Å². The van der Waals surface area contributed by atoms with E-state index in [4.69, 9.17) is 37.1 Å². The van der Waals surface area contributed by atoms with E-state index in [2.05, 4.69) is 26.2 Å². The standard InChI is InChI=1S/C32H26BrCl2FN2O5/c33-21-5-1-20(2-6-21)29(40)43-27-16-31(38-28(39)18-41-23-9-10-24(35)25(36)15-23)11-13-32(27,14-12-31)30-37-17-26(42-30)19-3-7-22(34)8-4-19/h1-10,15,17,27H,11-14,16,18H2,(H,38,39). The van der Waals surface area contributed by atoms with E-state index in [1.54, 1.807) is 42.6 Å². The maximum atomic E-state index is 13.8. The van der Waals surface area contributed by atoms with Crippen LogP contribution in [-0.4, -0.2) is 35.1 Å². The zero-order chi connectivity index (χ0) is 30.2. The molecule has 1 heterocycles. The maximum absolute atomic E-state index is 13.8. The largest absolute Gasteiger partial charge is 0.484 e. The van der Waals surface area contributed by atoms with Crippen molar-refractivity contribution < 1.29 is 27.9 Å². The molecular weight excluding hydrogens is 662 g/mol. The van der Waals surface area contributed by atoms with Gasteiger partial charge in [-0.05, 0) is 86.3 Å². The third kappa shape index (κ3) is 6.16. The number of esters is 1. The number of nitrogens with one attached hydrogen (secondary N) is 1. The third-order valence-electron chi connectivity index (χ3n) is 8.35. The topological polar surface area (TPSA) is 90.7 Å². The Labute approximate surface area is 265 Å². The van der Waals surface area contributed by atoms with Crippen LogP contribution < -0.4 is 10.1 Å². The molecule has 7 nitrogen and oxygen atoms in total. The van der Waals surface area contributed by atoms with E-state index >= 15 is 0 Å². The SMILES string of the molecule is O=C(COc1ccc(Cl)c(F)c1)NC12CCC(c3ncc(-c4ccc(Cl)cc4)o3)(CC1)C(OC(=O)c1ccc(Br)cc1)C2. The van der Waals surface area contributed by atoms with E-state index in [0.29, 0.717) is 54.3 Å². The molecule has 7 rings (SSSR count). The van der Waals surface area contributed by atoms with Crippen LogP contribution in [0.1, 0.15) is 48.4 Å². The molecule has 3 saturated carbocycles. The van der Waals surface area contributed by atoms with E-state index in [1.165, 1.54) is 12.1 Å². The molecule has 1 atom stereocenters. The van der Waals surface area contributed by atoms with Gasteiger partial charge < -0.3 is 19.2 Å². The number of rotatable bonds is 8. The average molecular weight is 688 g/mol. The first kappa shape index (κ1) is 29.7. The summed E-state index contributed by atoms with van der Waals surface area (Å²) in [5, 5.41) is 3.71. The molecule has 3 aliphatic rings. The Morgan fingerprint density at radius 1 is 1.02 bits per heavy atom. The summed E-state index contributed by atoms with van der Waals surface area (Å²) in [7, 11) is 0.